The highest BCUT2D eigenvalue weighted by Gasteiger charge is 2.15. The quantitative estimate of drug-likeness (QED) is 0.223. The summed E-state index contributed by atoms with van der Waals surface area (Å²) in [6.45, 7) is 9.54. The van der Waals surface area contributed by atoms with Gasteiger partial charge in [0.25, 0.3) is 0 Å². The van der Waals surface area contributed by atoms with Gasteiger partial charge in [-0.25, -0.2) is 9.98 Å². The molecule has 1 N–H and O–H groups in total. The highest BCUT2D eigenvalue weighted by molar-refractivity contribution is 14.0. The number of rotatable bonds is 10. The molecule has 0 saturated carbocycles. The van der Waals surface area contributed by atoms with Gasteiger partial charge in [0.05, 0.1) is 5.69 Å². The fourth-order valence-corrected chi connectivity index (χ4v) is 3.90. The van der Waals surface area contributed by atoms with Crippen molar-refractivity contribution in [1.29, 1.82) is 0 Å². The summed E-state index contributed by atoms with van der Waals surface area (Å²) in [7, 11) is 4.05. The predicted octanol–water partition coefficient (Wildman–Crippen LogP) is 4.59. The van der Waals surface area contributed by atoms with Gasteiger partial charge in [0, 0.05) is 57.9 Å². The summed E-state index contributed by atoms with van der Waals surface area (Å²) in [5.74, 6) is 2.26. The minimum atomic E-state index is 0. The van der Waals surface area contributed by atoms with Crippen LogP contribution in [0.1, 0.15) is 55.8 Å². The first-order valence-corrected chi connectivity index (χ1v) is 11.5. The zero-order valence-electron chi connectivity index (χ0n) is 20.5. The molecule has 33 heavy (non-hydrogen) atoms. The molecule has 0 bridgehead atoms. The number of hydrogen-bond donors (Lipinski definition) is 1. The predicted molar refractivity (Wildman–Crippen MR) is 146 cm³/mol. The van der Waals surface area contributed by atoms with Crippen LogP contribution in [0.25, 0.3) is 0 Å². The summed E-state index contributed by atoms with van der Waals surface area (Å²) in [6, 6.07) is 10.6. The second kappa shape index (κ2) is 13.4. The normalized spacial score (nSPS) is 11.5. The molecule has 8 heteroatoms. The van der Waals surface area contributed by atoms with Gasteiger partial charge in [-0.3, -0.25) is 4.68 Å². The van der Waals surface area contributed by atoms with Crippen molar-refractivity contribution < 1.29 is 0 Å². The summed E-state index contributed by atoms with van der Waals surface area (Å²) in [6.07, 6.45) is 8.17. The van der Waals surface area contributed by atoms with Crippen LogP contribution in [0.4, 0.5) is 0 Å². The van der Waals surface area contributed by atoms with Gasteiger partial charge in [0.15, 0.2) is 5.96 Å². The Balaban J connectivity index is 0.00000385. The Morgan fingerprint density at radius 1 is 1.21 bits per heavy atom. The van der Waals surface area contributed by atoms with Gasteiger partial charge in [-0.2, -0.15) is 5.10 Å². The van der Waals surface area contributed by atoms with Crippen LogP contribution in [0.3, 0.4) is 0 Å². The summed E-state index contributed by atoms with van der Waals surface area (Å²) >= 11 is 0. The third kappa shape index (κ3) is 7.87. The fourth-order valence-electron chi connectivity index (χ4n) is 3.90. The highest BCUT2D eigenvalue weighted by atomic mass is 127. The molecule has 0 fully saturated rings. The molecule has 0 aliphatic carbocycles. The van der Waals surface area contributed by atoms with Gasteiger partial charge >= 0.3 is 0 Å². The zero-order chi connectivity index (χ0) is 22.9. The molecule has 3 aromatic rings. The lowest BCUT2D eigenvalue weighted by Crippen LogP contribution is -2.38. The zero-order valence-corrected chi connectivity index (χ0v) is 22.9. The summed E-state index contributed by atoms with van der Waals surface area (Å²) in [5, 5.41) is 8.05. The maximum atomic E-state index is 4.88. The Bertz CT molecular complexity index is 991. The van der Waals surface area contributed by atoms with E-state index in [-0.39, 0.29) is 24.0 Å². The minimum absolute atomic E-state index is 0. The molecule has 1 aromatic carbocycles. The molecule has 0 unspecified atom stereocenters. The van der Waals surface area contributed by atoms with Crippen molar-refractivity contribution in [3.8, 4) is 0 Å². The maximum absolute atomic E-state index is 4.88. The first-order chi connectivity index (χ1) is 15.5. The topological polar surface area (TPSA) is 63.3 Å². The van der Waals surface area contributed by atoms with Crippen LogP contribution in [0.2, 0.25) is 0 Å². The van der Waals surface area contributed by atoms with Crippen LogP contribution in [-0.2, 0) is 33.1 Å². The number of guanidine groups is 1. The van der Waals surface area contributed by atoms with Crippen LogP contribution in [-0.4, -0.2) is 43.8 Å². The Morgan fingerprint density at radius 3 is 2.67 bits per heavy atom. The van der Waals surface area contributed by atoms with E-state index < -0.39 is 0 Å². The molecular weight excluding hydrogens is 525 g/mol. The molecule has 0 aliphatic rings. The lowest BCUT2D eigenvalue weighted by molar-refractivity contribution is 0.472. The molecule has 0 radical (unpaired) electrons. The standard InChI is InChI=1S/C25H37N7.HI/c1-6-26-25(30(4)18-22-19-31(5)29-24(22)20(2)3)28-17-23-27-14-16-32(23)15-10-13-21-11-8-7-9-12-21;/h7-9,11-12,14,16,19-20H,6,10,13,15,17-18H2,1-5H3,(H,26,28);1H. The Morgan fingerprint density at radius 2 is 1.97 bits per heavy atom. The SMILES string of the molecule is CCNC(=NCc1nccn1CCCc1ccccc1)N(C)Cc1cn(C)nc1C(C)C.I. The van der Waals surface area contributed by atoms with E-state index in [2.05, 4.69) is 95.4 Å². The molecule has 180 valence electrons. The highest BCUT2D eigenvalue weighted by Crippen LogP contribution is 2.18. The summed E-state index contributed by atoms with van der Waals surface area (Å²) < 4.78 is 4.11. The van der Waals surface area contributed by atoms with E-state index in [0.717, 1.165) is 50.0 Å². The Labute approximate surface area is 215 Å². The number of benzene rings is 1. The van der Waals surface area contributed by atoms with E-state index >= 15 is 0 Å². The number of aliphatic imine (C=N–C) groups is 1. The lowest BCUT2D eigenvalue weighted by atomic mass is 10.1. The molecule has 2 heterocycles. The number of nitrogens with zero attached hydrogens (tertiary/aromatic N) is 6. The largest absolute Gasteiger partial charge is 0.357 e. The molecular formula is C25H38IN7. The summed E-state index contributed by atoms with van der Waals surface area (Å²) in [4.78, 5) is 11.6. The second-order valence-corrected chi connectivity index (χ2v) is 8.52. The molecule has 3 rings (SSSR count). The molecule has 2 aromatic heterocycles. The average Bonchev–Trinajstić information content (AvgIpc) is 3.37. The van der Waals surface area contributed by atoms with Crippen molar-refractivity contribution >= 4 is 29.9 Å². The molecule has 0 atom stereocenters. The number of aromatic nitrogens is 4. The third-order valence-electron chi connectivity index (χ3n) is 5.47. The van der Waals surface area contributed by atoms with Gasteiger partial charge in [-0.05, 0) is 31.2 Å². The van der Waals surface area contributed by atoms with E-state index in [0.29, 0.717) is 12.5 Å². The monoisotopic (exact) mass is 563 g/mol. The smallest absolute Gasteiger partial charge is 0.194 e. The third-order valence-corrected chi connectivity index (χ3v) is 5.47. The number of imidazole rings is 1. The van der Waals surface area contributed by atoms with Crippen molar-refractivity contribution in [2.45, 2.75) is 59.2 Å². The number of halogens is 1. The van der Waals surface area contributed by atoms with Crippen molar-refractivity contribution in [3.63, 3.8) is 0 Å². The second-order valence-electron chi connectivity index (χ2n) is 8.52. The van der Waals surface area contributed by atoms with E-state index in [1.807, 2.05) is 17.9 Å². The average molecular weight is 564 g/mol. The Kier molecular flexibility index (Phi) is 10.9. The van der Waals surface area contributed by atoms with Gasteiger partial charge in [-0.15, -0.1) is 24.0 Å². The fraction of sp³-hybridized carbons (Fsp3) is 0.480. The number of aryl methyl sites for hydroxylation is 3. The maximum Gasteiger partial charge on any atom is 0.194 e. The van der Waals surface area contributed by atoms with Gasteiger partial charge in [0.1, 0.15) is 12.4 Å². The summed E-state index contributed by atoms with van der Waals surface area (Å²) in [5.41, 5.74) is 3.75. The molecule has 7 nitrogen and oxygen atoms in total. The van der Waals surface area contributed by atoms with Crippen molar-refractivity contribution in [2.24, 2.45) is 12.0 Å². The van der Waals surface area contributed by atoms with E-state index in [4.69, 9.17) is 4.99 Å². The van der Waals surface area contributed by atoms with Gasteiger partial charge in [-0.1, -0.05) is 44.2 Å². The van der Waals surface area contributed by atoms with E-state index in [1.54, 1.807) is 0 Å². The van der Waals surface area contributed by atoms with Crippen LogP contribution in [0.5, 0.6) is 0 Å². The van der Waals surface area contributed by atoms with Crippen molar-refractivity contribution in [2.75, 3.05) is 13.6 Å². The number of nitrogens with one attached hydrogen (secondary N) is 1. The minimum Gasteiger partial charge on any atom is -0.357 e. The Hall–Kier alpha value is -2.36. The molecule has 0 spiro atoms. The van der Waals surface area contributed by atoms with Crippen molar-refractivity contribution in [1.82, 2.24) is 29.5 Å². The molecule has 0 saturated heterocycles. The first-order valence-electron chi connectivity index (χ1n) is 11.5. The van der Waals surface area contributed by atoms with E-state index in [1.165, 1.54) is 11.1 Å². The lowest BCUT2D eigenvalue weighted by Gasteiger charge is -2.22. The van der Waals surface area contributed by atoms with Crippen LogP contribution < -0.4 is 5.32 Å². The van der Waals surface area contributed by atoms with Crippen molar-refractivity contribution in [3.05, 3.63) is 71.6 Å². The van der Waals surface area contributed by atoms with Gasteiger partial charge < -0.3 is 14.8 Å². The number of hydrogen-bond acceptors (Lipinski definition) is 3. The van der Waals surface area contributed by atoms with Crippen LogP contribution in [0.15, 0.2) is 53.9 Å². The molecule has 0 aliphatic heterocycles. The first kappa shape index (κ1) is 26.9. The van der Waals surface area contributed by atoms with Gasteiger partial charge in [0.2, 0.25) is 0 Å². The van der Waals surface area contributed by atoms with Crippen LogP contribution >= 0.6 is 24.0 Å². The van der Waals surface area contributed by atoms with Crippen LogP contribution in [0, 0.1) is 0 Å². The molecule has 0 amide bonds. The van der Waals surface area contributed by atoms with E-state index in [9.17, 15) is 0 Å².